The highest BCUT2D eigenvalue weighted by molar-refractivity contribution is 7.20. The van der Waals surface area contributed by atoms with Crippen LogP contribution in [0.5, 0.6) is 11.5 Å². The van der Waals surface area contributed by atoms with Gasteiger partial charge in [-0.2, -0.15) is 5.26 Å². The lowest BCUT2D eigenvalue weighted by molar-refractivity contribution is 0.355. The van der Waals surface area contributed by atoms with Crippen LogP contribution < -0.4 is 15.2 Å². The molecule has 7 heteroatoms. The number of nitrogen functional groups attached to an aromatic ring is 1. The van der Waals surface area contributed by atoms with Crippen LogP contribution in [0.2, 0.25) is 0 Å². The molecule has 6 nitrogen and oxygen atoms in total. The number of benzene rings is 1. The summed E-state index contributed by atoms with van der Waals surface area (Å²) in [5, 5.41) is 10.2. The Bertz CT molecular complexity index is 1210. The standard InChI is InChI=1S/C21H16N4O2S/c1-26-16-6-5-12(8-17(16)27-2)14-9-15(13-4-3-7-24-11-13)25-21-19(14)20(23)18(10-22)28-21/h3-9,11H,23H2,1-2H3. The molecule has 0 atom stereocenters. The second kappa shape index (κ2) is 7.18. The maximum Gasteiger partial charge on any atom is 0.161 e. The van der Waals surface area contributed by atoms with Crippen molar-refractivity contribution in [3.8, 4) is 40.0 Å². The summed E-state index contributed by atoms with van der Waals surface area (Å²) in [5.74, 6) is 1.25. The number of ether oxygens (including phenoxy) is 2. The highest BCUT2D eigenvalue weighted by Gasteiger charge is 2.18. The van der Waals surface area contributed by atoms with Gasteiger partial charge in [0.2, 0.25) is 0 Å². The third-order valence-electron chi connectivity index (χ3n) is 4.45. The summed E-state index contributed by atoms with van der Waals surface area (Å²) in [7, 11) is 3.19. The maximum atomic E-state index is 9.42. The van der Waals surface area contributed by atoms with Gasteiger partial charge in [0.05, 0.1) is 25.6 Å². The largest absolute Gasteiger partial charge is 0.493 e. The van der Waals surface area contributed by atoms with Crippen molar-refractivity contribution in [2.45, 2.75) is 0 Å². The summed E-state index contributed by atoms with van der Waals surface area (Å²) < 4.78 is 10.8. The summed E-state index contributed by atoms with van der Waals surface area (Å²) >= 11 is 1.29. The van der Waals surface area contributed by atoms with Crippen molar-refractivity contribution in [3.63, 3.8) is 0 Å². The summed E-state index contributed by atoms with van der Waals surface area (Å²) in [6.07, 6.45) is 3.48. The van der Waals surface area contributed by atoms with Crippen molar-refractivity contribution < 1.29 is 9.47 Å². The molecule has 0 fully saturated rings. The van der Waals surface area contributed by atoms with Gasteiger partial charge in [-0.3, -0.25) is 4.98 Å². The molecule has 1 aromatic carbocycles. The van der Waals surface area contributed by atoms with Crippen LogP contribution in [0.3, 0.4) is 0 Å². The number of fused-ring (bicyclic) bond motifs is 1. The zero-order valence-corrected chi connectivity index (χ0v) is 16.1. The molecule has 0 aliphatic carbocycles. The normalized spacial score (nSPS) is 10.6. The Morgan fingerprint density at radius 3 is 2.57 bits per heavy atom. The number of methoxy groups -OCH3 is 2. The van der Waals surface area contributed by atoms with Gasteiger partial charge in [-0.1, -0.05) is 6.07 Å². The molecule has 4 aromatic rings. The number of hydrogen-bond donors (Lipinski definition) is 1. The van der Waals surface area contributed by atoms with Gasteiger partial charge in [-0.05, 0) is 41.5 Å². The second-order valence-electron chi connectivity index (χ2n) is 6.00. The molecule has 4 rings (SSSR count). The molecule has 3 aromatic heterocycles. The molecule has 0 aliphatic rings. The van der Waals surface area contributed by atoms with Crippen LogP contribution in [0.25, 0.3) is 32.6 Å². The maximum absolute atomic E-state index is 9.42. The van der Waals surface area contributed by atoms with Crippen molar-refractivity contribution in [2.24, 2.45) is 0 Å². The Balaban J connectivity index is 2.03. The highest BCUT2D eigenvalue weighted by Crippen LogP contribution is 2.42. The van der Waals surface area contributed by atoms with E-state index < -0.39 is 0 Å². The van der Waals surface area contributed by atoms with Crippen molar-refractivity contribution in [2.75, 3.05) is 20.0 Å². The summed E-state index contributed by atoms with van der Waals surface area (Å²) in [5.41, 5.74) is 10.1. The lowest BCUT2D eigenvalue weighted by Crippen LogP contribution is -1.94. The first-order chi connectivity index (χ1) is 13.7. The molecule has 3 heterocycles. The zero-order chi connectivity index (χ0) is 19.7. The Labute approximate surface area is 165 Å². The predicted molar refractivity (Wildman–Crippen MR) is 111 cm³/mol. The number of nitrogens with zero attached hydrogens (tertiary/aromatic N) is 3. The van der Waals surface area contributed by atoms with Gasteiger partial charge < -0.3 is 15.2 Å². The number of aromatic nitrogens is 2. The van der Waals surface area contributed by atoms with E-state index in [9.17, 15) is 5.26 Å². The Morgan fingerprint density at radius 1 is 1.07 bits per heavy atom. The smallest absolute Gasteiger partial charge is 0.161 e. The number of nitriles is 1. The average molecular weight is 388 g/mol. The minimum atomic E-state index is 0.442. The van der Waals surface area contributed by atoms with Crippen molar-refractivity contribution in [3.05, 3.63) is 53.7 Å². The Morgan fingerprint density at radius 2 is 1.89 bits per heavy atom. The van der Waals surface area contributed by atoms with Crippen LogP contribution >= 0.6 is 11.3 Å². The van der Waals surface area contributed by atoms with E-state index in [4.69, 9.17) is 20.2 Å². The first kappa shape index (κ1) is 17.8. The monoisotopic (exact) mass is 388 g/mol. The van der Waals surface area contributed by atoms with Gasteiger partial charge in [0.15, 0.2) is 11.5 Å². The van der Waals surface area contributed by atoms with Crippen LogP contribution in [0.1, 0.15) is 4.88 Å². The molecule has 0 bridgehead atoms. The lowest BCUT2D eigenvalue weighted by atomic mass is 9.99. The van der Waals surface area contributed by atoms with E-state index in [1.807, 2.05) is 36.4 Å². The molecular formula is C21H16N4O2S. The first-order valence-corrected chi connectivity index (χ1v) is 9.23. The minimum absolute atomic E-state index is 0.442. The number of pyridine rings is 2. The topological polar surface area (TPSA) is 94.1 Å². The van der Waals surface area contributed by atoms with Gasteiger partial charge in [0.25, 0.3) is 0 Å². The van der Waals surface area contributed by atoms with Crippen LogP contribution in [0.4, 0.5) is 5.69 Å². The minimum Gasteiger partial charge on any atom is -0.493 e. The molecule has 0 radical (unpaired) electrons. The third-order valence-corrected chi connectivity index (χ3v) is 5.46. The van der Waals surface area contributed by atoms with Crippen LogP contribution in [-0.2, 0) is 0 Å². The summed E-state index contributed by atoms with van der Waals surface area (Å²) in [6, 6.07) is 13.6. The SMILES string of the molecule is COc1ccc(-c2cc(-c3cccnc3)nc3sc(C#N)c(N)c23)cc1OC. The van der Waals surface area contributed by atoms with E-state index in [0.29, 0.717) is 26.9 Å². The molecule has 0 amide bonds. The van der Waals surface area contributed by atoms with E-state index in [2.05, 4.69) is 11.1 Å². The fraction of sp³-hybridized carbons (Fsp3) is 0.0952. The van der Waals surface area contributed by atoms with E-state index in [1.54, 1.807) is 26.6 Å². The van der Waals surface area contributed by atoms with E-state index in [1.165, 1.54) is 11.3 Å². The number of rotatable bonds is 4. The Hall–Kier alpha value is -3.63. The number of thiophene rings is 1. The molecule has 138 valence electrons. The molecule has 0 spiro atoms. The molecule has 0 saturated heterocycles. The molecular weight excluding hydrogens is 372 g/mol. The van der Waals surface area contributed by atoms with Gasteiger partial charge >= 0.3 is 0 Å². The molecule has 0 unspecified atom stereocenters. The van der Waals surface area contributed by atoms with Gasteiger partial charge in [-0.15, -0.1) is 11.3 Å². The third kappa shape index (κ3) is 2.90. The predicted octanol–water partition coefficient (Wildman–Crippen LogP) is 4.50. The van der Waals surface area contributed by atoms with Gasteiger partial charge in [-0.25, -0.2) is 4.98 Å². The van der Waals surface area contributed by atoms with Gasteiger partial charge in [0, 0.05) is 23.3 Å². The summed E-state index contributed by atoms with van der Waals surface area (Å²) in [4.78, 5) is 10.1. The van der Waals surface area contributed by atoms with Crippen LogP contribution in [0, 0.1) is 11.3 Å². The fourth-order valence-corrected chi connectivity index (χ4v) is 4.01. The zero-order valence-electron chi connectivity index (χ0n) is 15.3. The van der Waals surface area contributed by atoms with Gasteiger partial charge in [0.1, 0.15) is 15.8 Å². The first-order valence-electron chi connectivity index (χ1n) is 8.42. The summed E-state index contributed by atoms with van der Waals surface area (Å²) in [6.45, 7) is 0. The quantitative estimate of drug-likeness (QED) is 0.553. The van der Waals surface area contributed by atoms with Crippen LogP contribution in [0.15, 0.2) is 48.8 Å². The average Bonchev–Trinajstić information content (AvgIpc) is 3.08. The lowest BCUT2D eigenvalue weighted by Gasteiger charge is -2.12. The van der Waals surface area contributed by atoms with Crippen LogP contribution in [-0.4, -0.2) is 24.2 Å². The van der Waals surface area contributed by atoms with Crippen molar-refractivity contribution in [1.29, 1.82) is 5.26 Å². The van der Waals surface area contributed by atoms with E-state index in [0.717, 1.165) is 27.8 Å². The Kier molecular flexibility index (Phi) is 4.55. The van der Waals surface area contributed by atoms with E-state index >= 15 is 0 Å². The molecule has 2 N–H and O–H groups in total. The number of hydrogen-bond acceptors (Lipinski definition) is 7. The number of anilines is 1. The van der Waals surface area contributed by atoms with Crippen molar-refractivity contribution in [1.82, 2.24) is 9.97 Å². The van der Waals surface area contributed by atoms with Crippen molar-refractivity contribution >= 4 is 27.2 Å². The molecule has 0 saturated carbocycles. The molecule has 28 heavy (non-hydrogen) atoms. The fourth-order valence-electron chi connectivity index (χ4n) is 3.10. The second-order valence-corrected chi connectivity index (χ2v) is 7.00. The number of nitrogens with two attached hydrogens (primary N) is 1. The molecule has 0 aliphatic heterocycles. The van der Waals surface area contributed by atoms with E-state index in [-0.39, 0.29) is 0 Å². The highest BCUT2D eigenvalue weighted by atomic mass is 32.1.